The fourth-order valence-electron chi connectivity index (χ4n) is 5.24. The number of anilines is 2. The smallest absolute Gasteiger partial charge is 0.254 e. The zero-order valence-corrected chi connectivity index (χ0v) is 19.6. The molecule has 1 amide bonds. The van der Waals surface area contributed by atoms with E-state index in [0.717, 1.165) is 90.1 Å². The number of nitrogens with one attached hydrogen (secondary N) is 1. The van der Waals surface area contributed by atoms with Gasteiger partial charge in [-0.3, -0.25) is 4.79 Å². The highest BCUT2D eigenvalue weighted by molar-refractivity contribution is 7.99. The highest BCUT2D eigenvalue weighted by atomic mass is 32.2. The van der Waals surface area contributed by atoms with Gasteiger partial charge in [0.1, 0.15) is 5.82 Å². The van der Waals surface area contributed by atoms with Crippen LogP contribution in [-0.4, -0.2) is 57.0 Å². The number of carbonyl (C=O) groups is 1. The van der Waals surface area contributed by atoms with E-state index >= 15 is 0 Å². The van der Waals surface area contributed by atoms with Crippen LogP contribution in [0.4, 0.5) is 11.5 Å². The Bertz CT molecular complexity index is 1220. The lowest BCUT2D eigenvalue weighted by atomic mass is 9.98. The monoisotopic (exact) mass is 463 g/mol. The van der Waals surface area contributed by atoms with Crippen LogP contribution in [0.25, 0.3) is 5.65 Å². The van der Waals surface area contributed by atoms with Crippen LogP contribution >= 0.6 is 11.8 Å². The summed E-state index contributed by atoms with van der Waals surface area (Å²) >= 11 is 1.74. The normalized spacial score (nSPS) is 22.6. The van der Waals surface area contributed by atoms with Crippen LogP contribution < -0.4 is 16.0 Å². The van der Waals surface area contributed by atoms with Crippen molar-refractivity contribution in [1.29, 1.82) is 0 Å². The Morgan fingerprint density at radius 3 is 2.97 bits per heavy atom. The molecule has 6 rings (SSSR count). The molecule has 5 heterocycles. The average Bonchev–Trinajstić information content (AvgIpc) is 3.56. The zero-order chi connectivity index (χ0) is 22.5. The van der Waals surface area contributed by atoms with Crippen molar-refractivity contribution in [2.24, 2.45) is 5.73 Å². The predicted molar refractivity (Wildman–Crippen MR) is 131 cm³/mol. The molecule has 1 aromatic carbocycles. The first-order chi connectivity index (χ1) is 16.1. The van der Waals surface area contributed by atoms with Gasteiger partial charge in [0.15, 0.2) is 5.65 Å². The maximum Gasteiger partial charge on any atom is 0.254 e. The summed E-state index contributed by atoms with van der Waals surface area (Å²) in [5.41, 5.74) is 10.8. The number of benzene rings is 1. The summed E-state index contributed by atoms with van der Waals surface area (Å²) in [6.45, 7) is 4.60. The average molecular weight is 464 g/mol. The lowest BCUT2D eigenvalue weighted by molar-refractivity contribution is 0.0605. The Balaban J connectivity index is 1.31. The van der Waals surface area contributed by atoms with E-state index in [2.05, 4.69) is 23.2 Å². The standard InChI is InChI=1S/C24H29N7OS/c1-15-12-31-22(27-23(15)29-9-7-17(25)13-29)11-19(28-31)20-4-2-3-8-30(20)24(32)16-5-6-18-21(10-16)33-14-26-18/h5-6,10-12,17,20,26H,2-4,7-9,13-14,25H2,1H3. The van der Waals surface area contributed by atoms with Gasteiger partial charge in [-0.2, -0.15) is 5.10 Å². The van der Waals surface area contributed by atoms with Gasteiger partial charge in [-0.05, 0) is 50.8 Å². The number of piperidine rings is 1. The first kappa shape index (κ1) is 20.8. The molecule has 0 saturated carbocycles. The van der Waals surface area contributed by atoms with Crippen LogP contribution in [0.3, 0.4) is 0 Å². The number of likely N-dealkylation sites (tertiary alicyclic amines) is 1. The highest BCUT2D eigenvalue weighted by Gasteiger charge is 2.31. The zero-order valence-electron chi connectivity index (χ0n) is 18.8. The number of fused-ring (bicyclic) bond motifs is 2. The largest absolute Gasteiger partial charge is 0.375 e. The van der Waals surface area contributed by atoms with Crippen LogP contribution in [0.5, 0.6) is 0 Å². The molecule has 0 spiro atoms. The first-order valence-corrected chi connectivity index (χ1v) is 12.7. The summed E-state index contributed by atoms with van der Waals surface area (Å²) < 4.78 is 1.86. The molecule has 0 radical (unpaired) electrons. The van der Waals surface area contributed by atoms with Gasteiger partial charge in [0.2, 0.25) is 0 Å². The van der Waals surface area contributed by atoms with E-state index in [4.69, 9.17) is 15.8 Å². The summed E-state index contributed by atoms with van der Waals surface area (Å²) in [6.07, 6.45) is 6.07. The van der Waals surface area contributed by atoms with Crippen molar-refractivity contribution in [3.05, 3.63) is 47.3 Å². The third-order valence-electron chi connectivity index (χ3n) is 6.97. The van der Waals surface area contributed by atoms with Gasteiger partial charge >= 0.3 is 0 Å². The van der Waals surface area contributed by atoms with Crippen molar-refractivity contribution < 1.29 is 4.79 Å². The number of thioether (sulfide) groups is 1. The van der Waals surface area contributed by atoms with Crippen LogP contribution in [-0.2, 0) is 0 Å². The molecule has 172 valence electrons. The summed E-state index contributed by atoms with van der Waals surface area (Å²) in [6, 6.07) is 8.21. The maximum atomic E-state index is 13.5. The molecular weight excluding hydrogens is 434 g/mol. The molecule has 3 aliphatic heterocycles. The van der Waals surface area contributed by atoms with Crippen LogP contribution in [0.15, 0.2) is 35.4 Å². The number of aryl methyl sites for hydroxylation is 1. The number of hydrogen-bond acceptors (Lipinski definition) is 7. The minimum atomic E-state index is -0.0315. The number of nitrogens with two attached hydrogens (primary N) is 1. The van der Waals surface area contributed by atoms with Gasteiger partial charge in [-0.15, -0.1) is 11.8 Å². The molecule has 3 aliphatic rings. The fraction of sp³-hybridized carbons (Fsp3) is 0.458. The lowest BCUT2D eigenvalue weighted by Gasteiger charge is -2.34. The minimum absolute atomic E-state index is 0.0315. The lowest BCUT2D eigenvalue weighted by Crippen LogP contribution is -2.38. The van der Waals surface area contributed by atoms with Crippen LogP contribution in [0.1, 0.15) is 53.3 Å². The van der Waals surface area contributed by atoms with E-state index in [9.17, 15) is 4.79 Å². The molecule has 2 unspecified atom stereocenters. The third kappa shape index (κ3) is 3.73. The molecule has 3 aromatic rings. The minimum Gasteiger partial charge on any atom is -0.375 e. The van der Waals surface area contributed by atoms with E-state index < -0.39 is 0 Å². The number of rotatable bonds is 3. The van der Waals surface area contributed by atoms with Gasteiger partial charge in [0.05, 0.1) is 17.6 Å². The Morgan fingerprint density at radius 2 is 2.12 bits per heavy atom. The second-order valence-corrected chi connectivity index (χ2v) is 10.3. The Morgan fingerprint density at radius 1 is 1.21 bits per heavy atom. The third-order valence-corrected chi connectivity index (χ3v) is 7.91. The molecule has 2 fully saturated rings. The second kappa shape index (κ2) is 8.22. The molecule has 2 aromatic heterocycles. The van der Waals surface area contributed by atoms with E-state index in [1.807, 2.05) is 33.8 Å². The van der Waals surface area contributed by atoms with Gasteiger partial charge in [0.25, 0.3) is 5.91 Å². The van der Waals surface area contributed by atoms with Crippen molar-refractivity contribution in [2.75, 3.05) is 35.7 Å². The Kier molecular flexibility index (Phi) is 5.18. The van der Waals surface area contributed by atoms with Crippen molar-refractivity contribution in [3.63, 3.8) is 0 Å². The molecule has 33 heavy (non-hydrogen) atoms. The van der Waals surface area contributed by atoms with E-state index in [0.29, 0.717) is 0 Å². The molecular formula is C24H29N7OS. The predicted octanol–water partition coefficient (Wildman–Crippen LogP) is 3.42. The van der Waals surface area contributed by atoms with E-state index in [-0.39, 0.29) is 18.0 Å². The van der Waals surface area contributed by atoms with Crippen molar-refractivity contribution in [3.8, 4) is 0 Å². The molecule has 2 saturated heterocycles. The van der Waals surface area contributed by atoms with Crippen molar-refractivity contribution >= 4 is 34.8 Å². The van der Waals surface area contributed by atoms with Crippen LogP contribution in [0, 0.1) is 6.92 Å². The van der Waals surface area contributed by atoms with Crippen molar-refractivity contribution in [1.82, 2.24) is 19.5 Å². The highest BCUT2D eigenvalue weighted by Crippen LogP contribution is 2.36. The van der Waals surface area contributed by atoms with Gasteiger partial charge in [-0.1, -0.05) is 0 Å². The Hall–Kier alpha value is -2.78. The first-order valence-electron chi connectivity index (χ1n) is 11.8. The number of nitrogens with zero attached hydrogens (tertiary/aromatic N) is 5. The second-order valence-electron chi connectivity index (χ2n) is 9.30. The number of hydrogen-bond donors (Lipinski definition) is 2. The van der Waals surface area contributed by atoms with Gasteiger partial charge < -0.3 is 20.9 Å². The summed E-state index contributed by atoms with van der Waals surface area (Å²) in [5.74, 6) is 1.93. The van der Waals surface area contributed by atoms with E-state index in [1.165, 1.54) is 0 Å². The quantitative estimate of drug-likeness (QED) is 0.615. The number of carbonyl (C=O) groups excluding carboxylic acids is 1. The molecule has 3 N–H and O–H groups in total. The Labute approximate surface area is 197 Å². The summed E-state index contributed by atoms with van der Waals surface area (Å²) in [7, 11) is 0. The van der Waals surface area contributed by atoms with Crippen molar-refractivity contribution in [2.45, 2.75) is 49.6 Å². The van der Waals surface area contributed by atoms with Gasteiger partial charge in [0, 0.05) is 59.6 Å². The summed E-state index contributed by atoms with van der Waals surface area (Å²) in [4.78, 5) is 23.9. The number of amides is 1. The SMILES string of the molecule is Cc1cn2nc(C3CCCCN3C(=O)c3ccc4c(c3)SCN4)cc2nc1N1CCC(N)C1. The fourth-order valence-corrected chi connectivity index (χ4v) is 6.13. The summed E-state index contributed by atoms with van der Waals surface area (Å²) in [5, 5.41) is 8.20. The molecule has 0 aliphatic carbocycles. The molecule has 9 heteroatoms. The van der Waals surface area contributed by atoms with E-state index in [1.54, 1.807) is 11.8 Å². The maximum absolute atomic E-state index is 13.5. The molecule has 8 nitrogen and oxygen atoms in total. The molecule has 2 atom stereocenters. The van der Waals surface area contributed by atoms with Gasteiger partial charge in [-0.25, -0.2) is 9.50 Å². The van der Waals surface area contributed by atoms with Crippen LogP contribution in [0.2, 0.25) is 0 Å². The molecule has 0 bridgehead atoms. The number of aromatic nitrogens is 3. The topological polar surface area (TPSA) is 91.8 Å².